The van der Waals surface area contributed by atoms with Gasteiger partial charge >= 0.3 is 12.1 Å². The Kier molecular flexibility index (Phi) is 8.59. The quantitative estimate of drug-likeness (QED) is 0.217. The standard InChI is InChI=1S/C33H29FN2O6/c1-20(41-18-21-9-3-2-4-10-21)30(32(38)39)36-31(37)22-15-16-29(28(34)17-22)35-33(40)42-19-27-25-13-7-5-11-23(25)24-12-6-8-14-26(24)27/h2-17,20,27,30H,18-19H2,1H3,(H,35,40)(H,36,37)(H,38,39). The fourth-order valence-electron chi connectivity index (χ4n) is 5.00. The average molecular weight is 569 g/mol. The van der Waals surface area contributed by atoms with Crippen molar-refractivity contribution >= 4 is 23.7 Å². The van der Waals surface area contributed by atoms with Gasteiger partial charge < -0.3 is 19.9 Å². The number of carboxylic acid groups (broad SMARTS) is 1. The highest BCUT2D eigenvalue weighted by Gasteiger charge is 2.30. The molecule has 2 atom stereocenters. The maximum atomic E-state index is 14.9. The van der Waals surface area contributed by atoms with Gasteiger partial charge in [0.1, 0.15) is 12.4 Å². The zero-order valence-corrected chi connectivity index (χ0v) is 22.8. The number of carbonyl (C=O) groups is 3. The number of benzene rings is 4. The number of aliphatic carboxylic acids is 1. The third-order valence-corrected chi connectivity index (χ3v) is 7.19. The largest absolute Gasteiger partial charge is 0.480 e. The van der Waals surface area contributed by atoms with Crippen LogP contribution in [0.15, 0.2) is 97.1 Å². The summed E-state index contributed by atoms with van der Waals surface area (Å²) in [6.07, 6.45) is -1.71. The number of ether oxygens (including phenoxy) is 2. The Labute approximate surface area is 242 Å². The van der Waals surface area contributed by atoms with Crippen LogP contribution in [0.2, 0.25) is 0 Å². The molecule has 0 aliphatic heterocycles. The van der Waals surface area contributed by atoms with E-state index in [0.29, 0.717) is 0 Å². The summed E-state index contributed by atoms with van der Waals surface area (Å²) in [7, 11) is 0. The number of amides is 2. The molecule has 0 heterocycles. The van der Waals surface area contributed by atoms with Crippen LogP contribution in [0.1, 0.15) is 39.9 Å². The van der Waals surface area contributed by atoms with Gasteiger partial charge in [0.15, 0.2) is 6.04 Å². The second-order valence-electron chi connectivity index (χ2n) is 9.94. The third-order valence-electron chi connectivity index (χ3n) is 7.19. The van der Waals surface area contributed by atoms with Gasteiger partial charge in [0.05, 0.1) is 18.4 Å². The van der Waals surface area contributed by atoms with Crippen molar-refractivity contribution in [3.63, 3.8) is 0 Å². The van der Waals surface area contributed by atoms with Crippen molar-refractivity contribution in [2.45, 2.75) is 31.6 Å². The molecule has 0 aromatic heterocycles. The summed E-state index contributed by atoms with van der Waals surface area (Å²) in [5.74, 6) is -3.13. The van der Waals surface area contributed by atoms with Crippen LogP contribution in [0.25, 0.3) is 11.1 Å². The SMILES string of the molecule is CC(OCc1ccccc1)C(NC(=O)c1ccc(NC(=O)OCC2c3ccccc3-c3ccccc32)c(F)c1)C(=O)O. The van der Waals surface area contributed by atoms with E-state index in [1.165, 1.54) is 19.1 Å². The zero-order chi connectivity index (χ0) is 29.6. The predicted octanol–water partition coefficient (Wildman–Crippen LogP) is 5.98. The van der Waals surface area contributed by atoms with Crippen molar-refractivity contribution in [1.29, 1.82) is 0 Å². The first-order valence-corrected chi connectivity index (χ1v) is 13.4. The summed E-state index contributed by atoms with van der Waals surface area (Å²) in [4.78, 5) is 37.2. The van der Waals surface area contributed by atoms with Crippen molar-refractivity contribution in [2.24, 2.45) is 0 Å². The number of halogens is 1. The molecule has 0 bridgehead atoms. The third kappa shape index (κ3) is 6.31. The highest BCUT2D eigenvalue weighted by molar-refractivity contribution is 5.97. The monoisotopic (exact) mass is 568 g/mol. The summed E-state index contributed by atoms with van der Waals surface area (Å²) in [6.45, 7) is 1.75. The highest BCUT2D eigenvalue weighted by Crippen LogP contribution is 2.44. The Balaban J connectivity index is 1.18. The minimum Gasteiger partial charge on any atom is -0.480 e. The number of fused-ring (bicyclic) bond motifs is 3. The van der Waals surface area contributed by atoms with Crippen LogP contribution in [0, 0.1) is 5.82 Å². The summed E-state index contributed by atoms with van der Waals surface area (Å²) in [6, 6.07) is 27.1. The molecule has 4 aromatic carbocycles. The Bertz CT molecular complexity index is 1560. The van der Waals surface area contributed by atoms with Gasteiger partial charge in [0, 0.05) is 11.5 Å². The summed E-state index contributed by atoms with van der Waals surface area (Å²) in [5.41, 5.74) is 4.82. The lowest BCUT2D eigenvalue weighted by molar-refractivity contribution is -0.143. The molecule has 0 fully saturated rings. The van der Waals surface area contributed by atoms with Crippen LogP contribution >= 0.6 is 0 Å². The normalized spacial score (nSPS) is 13.4. The van der Waals surface area contributed by atoms with Crippen molar-refractivity contribution in [3.05, 3.63) is 125 Å². The van der Waals surface area contributed by atoms with E-state index in [2.05, 4.69) is 10.6 Å². The fraction of sp³-hybridized carbons (Fsp3) is 0.182. The first kappa shape index (κ1) is 28.5. The molecule has 1 aliphatic carbocycles. The maximum Gasteiger partial charge on any atom is 0.411 e. The van der Waals surface area contributed by atoms with Crippen molar-refractivity contribution in [2.75, 3.05) is 11.9 Å². The van der Waals surface area contributed by atoms with Crippen LogP contribution < -0.4 is 10.6 Å². The van der Waals surface area contributed by atoms with Gasteiger partial charge in [-0.1, -0.05) is 78.9 Å². The minimum atomic E-state index is -1.37. The molecular formula is C33H29FN2O6. The molecule has 1 aliphatic rings. The molecule has 5 rings (SSSR count). The number of carbonyl (C=O) groups excluding carboxylic acids is 2. The molecule has 42 heavy (non-hydrogen) atoms. The predicted molar refractivity (Wildman–Crippen MR) is 155 cm³/mol. The van der Waals surface area contributed by atoms with Gasteiger partial charge in [-0.15, -0.1) is 0 Å². The smallest absolute Gasteiger partial charge is 0.411 e. The average Bonchev–Trinajstić information content (AvgIpc) is 3.32. The number of hydrogen-bond donors (Lipinski definition) is 3. The molecule has 0 spiro atoms. The molecule has 3 N–H and O–H groups in total. The van der Waals surface area contributed by atoms with Crippen LogP contribution in [0.4, 0.5) is 14.9 Å². The van der Waals surface area contributed by atoms with Gasteiger partial charge in [-0.2, -0.15) is 0 Å². The van der Waals surface area contributed by atoms with E-state index >= 15 is 0 Å². The van der Waals surface area contributed by atoms with E-state index in [-0.39, 0.29) is 30.4 Å². The first-order chi connectivity index (χ1) is 20.3. The second kappa shape index (κ2) is 12.7. The lowest BCUT2D eigenvalue weighted by Crippen LogP contribution is -2.48. The summed E-state index contributed by atoms with van der Waals surface area (Å²) >= 11 is 0. The number of carboxylic acids is 1. The molecule has 2 amide bonds. The van der Waals surface area contributed by atoms with E-state index in [1.54, 1.807) is 0 Å². The van der Waals surface area contributed by atoms with E-state index < -0.39 is 35.9 Å². The second-order valence-corrected chi connectivity index (χ2v) is 9.94. The molecule has 0 radical (unpaired) electrons. The Morgan fingerprint density at radius 3 is 2.12 bits per heavy atom. The van der Waals surface area contributed by atoms with E-state index in [4.69, 9.17) is 9.47 Å². The lowest BCUT2D eigenvalue weighted by Gasteiger charge is -2.22. The first-order valence-electron chi connectivity index (χ1n) is 13.4. The van der Waals surface area contributed by atoms with E-state index in [0.717, 1.165) is 33.9 Å². The van der Waals surface area contributed by atoms with Gasteiger partial charge in [0.2, 0.25) is 0 Å². The minimum absolute atomic E-state index is 0.0586. The van der Waals surface area contributed by atoms with Crippen LogP contribution in [0.5, 0.6) is 0 Å². The van der Waals surface area contributed by atoms with Crippen LogP contribution in [-0.4, -0.2) is 41.8 Å². The Hall–Kier alpha value is -5.02. The van der Waals surface area contributed by atoms with Crippen LogP contribution in [0.3, 0.4) is 0 Å². The van der Waals surface area contributed by atoms with E-state index in [1.807, 2.05) is 78.9 Å². The molecule has 4 aromatic rings. The number of hydrogen-bond acceptors (Lipinski definition) is 5. The van der Waals surface area contributed by atoms with Gasteiger partial charge in [0.25, 0.3) is 5.91 Å². The summed E-state index contributed by atoms with van der Waals surface area (Å²) < 4.78 is 26.0. The lowest BCUT2D eigenvalue weighted by atomic mass is 9.98. The van der Waals surface area contributed by atoms with Crippen molar-refractivity contribution < 1.29 is 33.4 Å². The summed E-state index contributed by atoms with van der Waals surface area (Å²) in [5, 5.41) is 14.4. The van der Waals surface area contributed by atoms with Crippen molar-refractivity contribution in [1.82, 2.24) is 5.32 Å². The van der Waals surface area contributed by atoms with Gasteiger partial charge in [-0.3, -0.25) is 10.1 Å². The van der Waals surface area contributed by atoms with Gasteiger partial charge in [-0.25, -0.2) is 14.0 Å². The molecule has 8 nitrogen and oxygen atoms in total. The van der Waals surface area contributed by atoms with E-state index in [9.17, 15) is 23.9 Å². The number of anilines is 1. The molecule has 214 valence electrons. The Morgan fingerprint density at radius 1 is 0.881 bits per heavy atom. The number of nitrogens with one attached hydrogen (secondary N) is 2. The topological polar surface area (TPSA) is 114 Å². The van der Waals surface area contributed by atoms with Crippen LogP contribution in [-0.2, 0) is 20.9 Å². The fourth-order valence-corrected chi connectivity index (χ4v) is 5.00. The number of rotatable bonds is 10. The molecule has 0 saturated heterocycles. The molecular weight excluding hydrogens is 539 g/mol. The zero-order valence-electron chi connectivity index (χ0n) is 22.8. The Morgan fingerprint density at radius 2 is 1.50 bits per heavy atom. The molecule has 2 unspecified atom stereocenters. The van der Waals surface area contributed by atoms with Crippen molar-refractivity contribution in [3.8, 4) is 11.1 Å². The highest BCUT2D eigenvalue weighted by atomic mass is 19.1. The maximum absolute atomic E-state index is 14.9. The molecule has 0 saturated carbocycles. The van der Waals surface area contributed by atoms with Gasteiger partial charge in [-0.05, 0) is 52.9 Å². The molecule has 9 heteroatoms.